The zero-order valence-corrected chi connectivity index (χ0v) is 15.6. The first-order valence-corrected chi connectivity index (χ1v) is 9.02. The predicted octanol–water partition coefficient (Wildman–Crippen LogP) is 3.69. The minimum atomic E-state index is -1.08. The third-order valence-corrected chi connectivity index (χ3v) is 4.39. The molecule has 6 nitrogen and oxygen atoms in total. The van der Waals surface area contributed by atoms with Gasteiger partial charge in [0.05, 0.1) is 5.56 Å². The van der Waals surface area contributed by atoms with Crippen molar-refractivity contribution in [3.05, 3.63) is 70.6 Å². The second kappa shape index (κ2) is 8.08. The fourth-order valence-corrected chi connectivity index (χ4v) is 3.03. The summed E-state index contributed by atoms with van der Waals surface area (Å²) in [4.78, 5) is 36.3. The molecule has 2 N–H and O–H groups in total. The van der Waals surface area contributed by atoms with E-state index < -0.39 is 23.5 Å². The van der Waals surface area contributed by atoms with Gasteiger partial charge in [-0.15, -0.1) is 0 Å². The van der Waals surface area contributed by atoms with Crippen LogP contribution in [0.4, 0.5) is 0 Å². The fraction of sp³-hybridized carbons (Fsp3) is 0.227. The zero-order chi connectivity index (χ0) is 20.3. The molecule has 0 aliphatic rings. The molecule has 0 bridgehead atoms. The van der Waals surface area contributed by atoms with Crippen LogP contribution in [-0.4, -0.2) is 23.0 Å². The van der Waals surface area contributed by atoms with Gasteiger partial charge in [-0.1, -0.05) is 44.2 Å². The van der Waals surface area contributed by atoms with Crippen LogP contribution in [0.15, 0.2) is 63.8 Å². The van der Waals surface area contributed by atoms with Crippen molar-refractivity contribution >= 4 is 22.8 Å². The lowest BCUT2D eigenvalue weighted by Crippen LogP contribution is -2.41. The van der Waals surface area contributed by atoms with E-state index >= 15 is 0 Å². The molecule has 1 amide bonds. The lowest BCUT2D eigenvalue weighted by molar-refractivity contribution is -0.139. The average molecular weight is 379 g/mol. The molecule has 0 fully saturated rings. The third kappa shape index (κ3) is 4.28. The standard InChI is InChI=1S/C22H21NO5/c1-13(2)10-18(21(25)26)23-20(24)16-8-5-7-14(11-16)17-12-15-6-3-4-9-19(15)28-22(17)27/h3-9,11-13,18H,10H2,1-2H3,(H,23,24)(H,25,26)/t18-/m0/s1. The van der Waals surface area contributed by atoms with Crippen LogP contribution < -0.4 is 10.9 Å². The van der Waals surface area contributed by atoms with Crippen LogP contribution in [0.3, 0.4) is 0 Å². The summed E-state index contributed by atoms with van der Waals surface area (Å²) in [5.41, 5.74) is 1.14. The Hall–Kier alpha value is -3.41. The number of carboxylic acid groups (broad SMARTS) is 1. The average Bonchev–Trinajstić information content (AvgIpc) is 2.66. The molecule has 28 heavy (non-hydrogen) atoms. The third-order valence-electron chi connectivity index (χ3n) is 4.39. The maximum atomic E-state index is 12.5. The first kappa shape index (κ1) is 19.4. The van der Waals surface area contributed by atoms with Crippen LogP contribution in [-0.2, 0) is 4.79 Å². The van der Waals surface area contributed by atoms with Crippen LogP contribution in [0.2, 0.25) is 0 Å². The number of amides is 1. The number of hydrogen-bond acceptors (Lipinski definition) is 4. The van der Waals surface area contributed by atoms with Crippen LogP contribution in [0.25, 0.3) is 22.1 Å². The first-order valence-electron chi connectivity index (χ1n) is 9.02. The van der Waals surface area contributed by atoms with Crippen molar-refractivity contribution in [2.24, 2.45) is 5.92 Å². The molecule has 0 unspecified atom stereocenters. The number of para-hydroxylation sites is 1. The maximum Gasteiger partial charge on any atom is 0.344 e. The van der Waals surface area contributed by atoms with Gasteiger partial charge in [0.15, 0.2) is 0 Å². The molecule has 3 rings (SSSR count). The summed E-state index contributed by atoms with van der Waals surface area (Å²) in [5, 5.41) is 12.6. The summed E-state index contributed by atoms with van der Waals surface area (Å²) >= 11 is 0. The van der Waals surface area contributed by atoms with Crippen LogP contribution in [0.1, 0.15) is 30.6 Å². The largest absolute Gasteiger partial charge is 0.480 e. The van der Waals surface area contributed by atoms with E-state index in [4.69, 9.17) is 4.42 Å². The lowest BCUT2D eigenvalue weighted by Gasteiger charge is -2.16. The molecule has 3 aromatic rings. The summed E-state index contributed by atoms with van der Waals surface area (Å²) in [7, 11) is 0. The second-order valence-electron chi connectivity index (χ2n) is 7.06. The Balaban J connectivity index is 1.92. The molecule has 0 aliphatic heterocycles. The predicted molar refractivity (Wildman–Crippen MR) is 106 cm³/mol. The number of hydrogen-bond donors (Lipinski definition) is 2. The summed E-state index contributed by atoms with van der Waals surface area (Å²) in [6, 6.07) is 14.4. The van der Waals surface area contributed by atoms with Crippen molar-refractivity contribution in [1.82, 2.24) is 5.32 Å². The summed E-state index contributed by atoms with van der Waals surface area (Å²) in [5.74, 6) is -1.46. The molecule has 6 heteroatoms. The van der Waals surface area contributed by atoms with Gasteiger partial charge in [0.1, 0.15) is 11.6 Å². The molecule has 0 saturated heterocycles. The Morgan fingerprint density at radius 2 is 1.82 bits per heavy atom. The molecule has 0 saturated carbocycles. The van der Waals surface area contributed by atoms with Gasteiger partial charge in [-0.05, 0) is 42.2 Å². The number of carbonyl (C=O) groups is 2. The first-order chi connectivity index (χ1) is 13.3. The number of aliphatic carboxylic acids is 1. The van der Waals surface area contributed by atoms with E-state index in [-0.39, 0.29) is 11.5 Å². The van der Waals surface area contributed by atoms with Crippen LogP contribution >= 0.6 is 0 Å². The maximum absolute atomic E-state index is 12.5. The Labute approximate surface area is 161 Å². The number of fused-ring (bicyclic) bond motifs is 1. The minimum Gasteiger partial charge on any atom is -0.480 e. The number of rotatable bonds is 6. The monoisotopic (exact) mass is 379 g/mol. The van der Waals surface area contributed by atoms with Crippen molar-refractivity contribution in [2.45, 2.75) is 26.3 Å². The van der Waals surface area contributed by atoms with Gasteiger partial charge >= 0.3 is 11.6 Å². The lowest BCUT2D eigenvalue weighted by atomic mass is 10.0. The van der Waals surface area contributed by atoms with E-state index in [1.54, 1.807) is 42.5 Å². The number of benzene rings is 2. The molecule has 0 aliphatic carbocycles. The highest BCUT2D eigenvalue weighted by Gasteiger charge is 2.22. The van der Waals surface area contributed by atoms with Gasteiger partial charge in [0, 0.05) is 10.9 Å². The smallest absolute Gasteiger partial charge is 0.344 e. The van der Waals surface area contributed by atoms with E-state index in [0.29, 0.717) is 23.1 Å². The van der Waals surface area contributed by atoms with E-state index in [1.807, 2.05) is 26.0 Å². The highest BCUT2D eigenvalue weighted by Crippen LogP contribution is 2.22. The number of carbonyl (C=O) groups excluding carboxylic acids is 1. The minimum absolute atomic E-state index is 0.120. The fourth-order valence-electron chi connectivity index (χ4n) is 3.03. The Kier molecular flexibility index (Phi) is 5.59. The van der Waals surface area contributed by atoms with Gasteiger partial charge in [0.25, 0.3) is 5.91 Å². The van der Waals surface area contributed by atoms with Gasteiger partial charge in [-0.3, -0.25) is 4.79 Å². The van der Waals surface area contributed by atoms with Crippen molar-refractivity contribution in [2.75, 3.05) is 0 Å². The van der Waals surface area contributed by atoms with Gasteiger partial charge in [0.2, 0.25) is 0 Å². The van der Waals surface area contributed by atoms with Crippen molar-refractivity contribution in [3.63, 3.8) is 0 Å². The normalized spacial score (nSPS) is 12.1. The SMILES string of the molecule is CC(C)C[C@H](NC(=O)c1cccc(-c2cc3ccccc3oc2=O)c1)C(=O)O. The Bertz CT molecular complexity index is 1080. The molecule has 1 heterocycles. The van der Waals surface area contributed by atoms with E-state index in [9.17, 15) is 19.5 Å². The van der Waals surface area contributed by atoms with Gasteiger partial charge in [-0.2, -0.15) is 0 Å². The summed E-state index contributed by atoms with van der Waals surface area (Å²) in [6.07, 6.45) is 0.328. The quantitative estimate of drug-likeness (QED) is 0.637. The van der Waals surface area contributed by atoms with Crippen LogP contribution in [0.5, 0.6) is 0 Å². The summed E-state index contributed by atoms with van der Waals surface area (Å²) in [6.45, 7) is 3.78. The van der Waals surface area contributed by atoms with Crippen molar-refractivity contribution < 1.29 is 19.1 Å². The molecular weight excluding hydrogens is 358 g/mol. The molecular formula is C22H21NO5. The molecule has 0 radical (unpaired) electrons. The van der Waals surface area contributed by atoms with Crippen molar-refractivity contribution in [3.8, 4) is 11.1 Å². The number of nitrogens with one attached hydrogen (secondary N) is 1. The van der Waals surface area contributed by atoms with E-state index in [1.165, 1.54) is 0 Å². The van der Waals surface area contributed by atoms with Gasteiger partial charge < -0.3 is 14.8 Å². The van der Waals surface area contributed by atoms with Crippen LogP contribution in [0, 0.1) is 5.92 Å². The Morgan fingerprint density at radius 1 is 1.07 bits per heavy atom. The second-order valence-corrected chi connectivity index (χ2v) is 7.06. The van der Waals surface area contributed by atoms with Gasteiger partial charge in [-0.25, -0.2) is 9.59 Å². The summed E-state index contributed by atoms with van der Waals surface area (Å²) < 4.78 is 5.35. The van der Waals surface area contributed by atoms with E-state index in [2.05, 4.69) is 5.32 Å². The van der Waals surface area contributed by atoms with Crippen molar-refractivity contribution in [1.29, 1.82) is 0 Å². The molecule has 1 aromatic heterocycles. The molecule has 144 valence electrons. The highest BCUT2D eigenvalue weighted by atomic mass is 16.4. The molecule has 0 spiro atoms. The Morgan fingerprint density at radius 3 is 2.54 bits per heavy atom. The van der Waals surface area contributed by atoms with E-state index in [0.717, 1.165) is 5.39 Å². The molecule has 1 atom stereocenters. The number of carboxylic acids is 1. The topological polar surface area (TPSA) is 96.6 Å². The zero-order valence-electron chi connectivity index (χ0n) is 15.6. The molecule has 2 aromatic carbocycles. The highest BCUT2D eigenvalue weighted by molar-refractivity contribution is 5.97.